The lowest BCUT2D eigenvalue weighted by Gasteiger charge is -2.29. The Balaban J connectivity index is 1.89. The Morgan fingerprint density at radius 3 is 2.67 bits per heavy atom. The van der Waals surface area contributed by atoms with Crippen LogP contribution in [0.1, 0.15) is 12.8 Å². The van der Waals surface area contributed by atoms with Gasteiger partial charge < -0.3 is 5.32 Å². The van der Waals surface area contributed by atoms with E-state index < -0.39 is 4.92 Å². The molecule has 1 aliphatic heterocycles. The molecule has 0 saturated carbocycles. The summed E-state index contributed by atoms with van der Waals surface area (Å²) in [6, 6.07) is 6.04. The lowest BCUT2D eigenvalue weighted by molar-refractivity contribution is -0.383. The number of hydrogen-bond donors (Lipinski definition) is 1. The normalized spacial score (nSPS) is 16.6. The molecule has 7 heteroatoms. The van der Waals surface area contributed by atoms with E-state index in [0.29, 0.717) is 13.1 Å². The van der Waals surface area contributed by atoms with Crippen molar-refractivity contribution in [1.29, 1.82) is 0 Å². The molecule has 21 heavy (non-hydrogen) atoms. The van der Waals surface area contributed by atoms with E-state index in [4.69, 9.17) is 0 Å². The monoisotopic (exact) mass is 295 g/mol. The van der Waals surface area contributed by atoms with Crippen LogP contribution >= 0.6 is 0 Å². The van der Waals surface area contributed by atoms with E-state index >= 15 is 0 Å². The largest absolute Gasteiger partial charge is 0.319 e. The number of carbonyl (C=O) groups excluding carboxylic acids is 1. The molecule has 1 aromatic rings. The minimum absolute atomic E-state index is 0.0968. The Labute approximate surface area is 122 Å². The van der Waals surface area contributed by atoms with Gasteiger partial charge >= 0.3 is 0 Å². The summed E-state index contributed by atoms with van der Waals surface area (Å²) >= 11 is 0. The maximum Gasteiger partial charge on any atom is 0.292 e. The SMILES string of the molecule is O=C(CN1CCC(CF)CC1)Nc1ccccc1[N+](=O)[O-]. The Bertz CT molecular complexity index is 516. The van der Waals surface area contributed by atoms with E-state index in [2.05, 4.69) is 5.32 Å². The first-order valence-corrected chi connectivity index (χ1v) is 6.91. The van der Waals surface area contributed by atoms with Gasteiger partial charge in [-0.15, -0.1) is 0 Å². The van der Waals surface area contributed by atoms with Crippen molar-refractivity contribution >= 4 is 17.3 Å². The molecule has 0 aromatic heterocycles. The van der Waals surface area contributed by atoms with Crippen LogP contribution in [0.5, 0.6) is 0 Å². The molecule has 1 saturated heterocycles. The Hall–Kier alpha value is -2.02. The Morgan fingerprint density at radius 1 is 1.38 bits per heavy atom. The number of carbonyl (C=O) groups is 1. The molecule has 0 unspecified atom stereocenters. The number of nitrogens with zero attached hydrogens (tertiary/aromatic N) is 2. The van der Waals surface area contributed by atoms with Gasteiger partial charge in [-0.1, -0.05) is 12.1 Å². The number of nitro groups is 1. The molecule has 1 aliphatic rings. The van der Waals surface area contributed by atoms with Gasteiger partial charge in [0, 0.05) is 6.07 Å². The number of nitro benzene ring substituents is 1. The average molecular weight is 295 g/mol. The fourth-order valence-electron chi connectivity index (χ4n) is 2.43. The van der Waals surface area contributed by atoms with Crippen LogP contribution in [0.25, 0.3) is 0 Å². The van der Waals surface area contributed by atoms with Crippen LogP contribution in [-0.2, 0) is 4.79 Å². The first-order valence-electron chi connectivity index (χ1n) is 6.91. The zero-order valence-corrected chi connectivity index (χ0v) is 11.6. The highest BCUT2D eigenvalue weighted by molar-refractivity contribution is 5.94. The molecule has 1 heterocycles. The van der Waals surface area contributed by atoms with E-state index in [-0.39, 0.29) is 36.4 Å². The van der Waals surface area contributed by atoms with E-state index in [1.54, 1.807) is 12.1 Å². The van der Waals surface area contributed by atoms with Crippen molar-refractivity contribution in [2.24, 2.45) is 5.92 Å². The summed E-state index contributed by atoms with van der Waals surface area (Å²) in [5.74, 6) is -0.192. The quantitative estimate of drug-likeness (QED) is 0.667. The second kappa shape index (κ2) is 7.12. The van der Waals surface area contributed by atoms with Gasteiger partial charge in [0.25, 0.3) is 5.69 Å². The first kappa shape index (κ1) is 15.4. The third kappa shape index (κ3) is 4.22. The highest BCUT2D eigenvalue weighted by Crippen LogP contribution is 2.23. The number of anilines is 1. The van der Waals surface area contributed by atoms with Gasteiger partial charge in [-0.3, -0.25) is 24.2 Å². The van der Waals surface area contributed by atoms with Crippen molar-refractivity contribution in [2.45, 2.75) is 12.8 Å². The van der Waals surface area contributed by atoms with Crippen molar-refractivity contribution < 1.29 is 14.1 Å². The summed E-state index contributed by atoms with van der Waals surface area (Å²) < 4.78 is 12.5. The van der Waals surface area contributed by atoms with E-state index in [1.807, 2.05) is 4.90 Å². The number of likely N-dealkylation sites (tertiary alicyclic amines) is 1. The number of rotatable bonds is 5. The van der Waals surface area contributed by atoms with Crippen molar-refractivity contribution in [3.05, 3.63) is 34.4 Å². The fourth-order valence-corrected chi connectivity index (χ4v) is 2.43. The van der Waals surface area contributed by atoms with Crippen molar-refractivity contribution in [3.63, 3.8) is 0 Å². The minimum Gasteiger partial charge on any atom is -0.319 e. The summed E-state index contributed by atoms with van der Waals surface area (Å²) in [5.41, 5.74) is 0.0770. The number of piperidine rings is 1. The predicted octanol–water partition coefficient (Wildman–Crippen LogP) is 2.21. The number of nitrogens with one attached hydrogen (secondary N) is 1. The maximum atomic E-state index is 12.5. The molecule has 1 N–H and O–H groups in total. The number of hydrogen-bond acceptors (Lipinski definition) is 4. The summed E-state index contributed by atoms with van der Waals surface area (Å²) in [5, 5.41) is 13.4. The molecule has 1 aromatic carbocycles. The van der Waals surface area contributed by atoms with Crippen LogP contribution in [0.3, 0.4) is 0 Å². The van der Waals surface area contributed by atoms with Gasteiger partial charge in [0.15, 0.2) is 0 Å². The molecule has 114 valence electrons. The molecule has 0 aliphatic carbocycles. The van der Waals surface area contributed by atoms with E-state index in [0.717, 1.165) is 12.8 Å². The molecule has 0 spiro atoms. The average Bonchev–Trinajstić information content (AvgIpc) is 2.48. The topological polar surface area (TPSA) is 75.5 Å². The standard InChI is InChI=1S/C14H18FN3O3/c15-9-11-5-7-17(8-6-11)10-14(19)16-12-3-1-2-4-13(12)18(20)21/h1-4,11H,5-10H2,(H,16,19). The van der Waals surface area contributed by atoms with Gasteiger partial charge in [0.05, 0.1) is 18.1 Å². The molecule has 0 radical (unpaired) electrons. The molecular weight excluding hydrogens is 277 g/mol. The number of para-hydroxylation sites is 2. The minimum atomic E-state index is -0.525. The molecule has 1 amide bonds. The summed E-state index contributed by atoms with van der Waals surface area (Å²) in [4.78, 5) is 24.2. The van der Waals surface area contributed by atoms with Gasteiger partial charge in [-0.25, -0.2) is 0 Å². The van der Waals surface area contributed by atoms with Gasteiger partial charge in [-0.05, 0) is 37.9 Å². The maximum absolute atomic E-state index is 12.5. The van der Waals surface area contributed by atoms with Crippen molar-refractivity contribution in [3.8, 4) is 0 Å². The highest BCUT2D eigenvalue weighted by Gasteiger charge is 2.21. The zero-order chi connectivity index (χ0) is 15.2. The van der Waals surface area contributed by atoms with Crippen LogP contribution < -0.4 is 5.32 Å². The van der Waals surface area contributed by atoms with Gasteiger partial charge in [-0.2, -0.15) is 0 Å². The lowest BCUT2D eigenvalue weighted by atomic mass is 9.98. The third-order valence-corrected chi connectivity index (χ3v) is 3.67. The van der Waals surface area contributed by atoms with Crippen LogP contribution in [0.2, 0.25) is 0 Å². The second-order valence-corrected chi connectivity index (χ2v) is 5.20. The summed E-state index contributed by atoms with van der Waals surface area (Å²) in [6.45, 7) is 1.22. The van der Waals surface area contributed by atoms with Gasteiger partial charge in [0.2, 0.25) is 5.91 Å². The second-order valence-electron chi connectivity index (χ2n) is 5.20. The number of benzene rings is 1. The fraction of sp³-hybridized carbons (Fsp3) is 0.500. The van der Waals surface area contributed by atoms with Crippen molar-refractivity contribution in [2.75, 3.05) is 31.6 Å². The molecule has 1 fully saturated rings. The molecule has 2 rings (SSSR count). The van der Waals surface area contributed by atoms with Crippen molar-refractivity contribution in [1.82, 2.24) is 4.90 Å². The van der Waals surface area contributed by atoms with Crippen LogP contribution in [0.4, 0.5) is 15.8 Å². The number of halogens is 1. The first-order chi connectivity index (χ1) is 10.1. The molecule has 6 nitrogen and oxygen atoms in total. The molecule has 0 bridgehead atoms. The lowest BCUT2D eigenvalue weighted by Crippen LogP contribution is -2.39. The summed E-state index contributed by atoms with van der Waals surface area (Å²) in [7, 11) is 0. The summed E-state index contributed by atoms with van der Waals surface area (Å²) in [6.07, 6.45) is 1.49. The highest BCUT2D eigenvalue weighted by atomic mass is 19.1. The Morgan fingerprint density at radius 2 is 2.05 bits per heavy atom. The van der Waals surface area contributed by atoms with Crippen LogP contribution in [0.15, 0.2) is 24.3 Å². The van der Waals surface area contributed by atoms with Gasteiger partial charge in [0.1, 0.15) is 5.69 Å². The number of amides is 1. The van der Waals surface area contributed by atoms with E-state index in [9.17, 15) is 19.3 Å². The number of alkyl halides is 1. The molecule has 0 atom stereocenters. The smallest absolute Gasteiger partial charge is 0.292 e. The van der Waals surface area contributed by atoms with E-state index in [1.165, 1.54) is 12.1 Å². The predicted molar refractivity (Wildman–Crippen MR) is 76.9 cm³/mol. The Kier molecular flexibility index (Phi) is 5.21. The third-order valence-electron chi connectivity index (χ3n) is 3.67. The van der Waals surface area contributed by atoms with Crippen LogP contribution in [-0.4, -0.2) is 42.0 Å². The van der Waals surface area contributed by atoms with Crippen LogP contribution in [0, 0.1) is 16.0 Å². The molecular formula is C14H18FN3O3. The zero-order valence-electron chi connectivity index (χ0n) is 11.6.